The molecule has 2 atom stereocenters. The Balaban J connectivity index is 2.04. The molecule has 0 bridgehead atoms. The Labute approximate surface area is 118 Å². The van der Waals surface area contributed by atoms with Gasteiger partial charge in [0.1, 0.15) is 11.5 Å². The molecule has 1 heterocycles. The van der Waals surface area contributed by atoms with Crippen LogP contribution in [0.15, 0.2) is 18.2 Å². The maximum Gasteiger partial charge on any atom is 0.241 e. The number of nitrogens with one attached hydrogen (secondary N) is 2. The molecular weight excluding hydrogens is 260 g/mol. The van der Waals surface area contributed by atoms with Crippen molar-refractivity contribution in [3.63, 3.8) is 0 Å². The Hall–Kier alpha value is -1.79. The summed E-state index contributed by atoms with van der Waals surface area (Å²) in [7, 11) is 4.79. The van der Waals surface area contributed by atoms with Crippen LogP contribution in [0.2, 0.25) is 0 Å². The zero-order valence-corrected chi connectivity index (χ0v) is 11.9. The second-order valence-electron chi connectivity index (χ2n) is 4.61. The molecule has 0 spiro atoms. The molecule has 1 amide bonds. The van der Waals surface area contributed by atoms with Crippen molar-refractivity contribution < 1.29 is 19.0 Å². The standard InChI is InChI=1S/C14H20N2O4/c1-18-9-4-5-11(13(7-9)20-3)16-14(17)12-6-10(19-2)8-15-12/h4-5,7,10,12,15H,6,8H2,1-3H3,(H,16,17). The summed E-state index contributed by atoms with van der Waals surface area (Å²) in [5.41, 5.74) is 0.626. The van der Waals surface area contributed by atoms with E-state index in [4.69, 9.17) is 14.2 Å². The zero-order chi connectivity index (χ0) is 14.5. The van der Waals surface area contributed by atoms with Crippen molar-refractivity contribution in [3.05, 3.63) is 18.2 Å². The molecule has 6 heteroatoms. The summed E-state index contributed by atoms with van der Waals surface area (Å²) in [4.78, 5) is 12.2. The van der Waals surface area contributed by atoms with E-state index in [1.165, 1.54) is 0 Å². The minimum atomic E-state index is -0.244. The molecule has 0 radical (unpaired) electrons. The minimum absolute atomic E-state index is 0.0866. The monoisotopic (exact) mass is 280 g/mol. The third-order valence-electron chi connectivity index (χ3n) is 3.41. The first-order chi connectivity index (χ1) is 9.67. The SMILES string of the molecule is COc1ccc(NC(=O)C2CC(OC)CN2)c(OC)c1. The van der Waals surface area contributed by atoms with Gasteiger partial charge in [-0.1, -0.05) is 0 Å². The number of rotatable bonds is 5. The third-order valence-corrected chi connectivity index (χ3v) is 3.41. The van der Waals surface area contributed by atoms with Gasteiger partial charge in [0.2, 0.25) is 5.91 Å². The largest absolute Gasteiger partial charge is 0.497 e. The van der Waals surface area contributed by atoms with Crippen LogP contribution in [0.3, 0.4) is 0 Å². The van der Waals surface area contributed by atoms with Gasteiger partial charge in [-0.2, -0.15) is 0 Å². The average molecular weight is 280 g/mol. The van der Waals surface area contributed by atoms with E-state index < -0.39 is 0 Å². The van der Waals surface area contributed by atoms with Gasteiger partial charge >= 0.3 is 0 Å². The molecule has 0 aromatic heterocycles. The van der Waals surface area contributed by atoms with Gasteiger partial charge in [0.05, 0.1) is 32.1 Å². The van der Waals surface area contributed by atoms with Crippen LogP contribution in [-0.4, -0.2) is 45.9 Å². The van der Waals surface area contributed by atoms with E-state index in [9.17, 15) is 4.79 Å². The molecule has 1 aromatic rings. The molecule has 110 valence electrons. The molecule has 1 fully saturated rings. The maximum absolute atomic E-state index is 12.2. The van der Waals surface area contributed by atoms with Crippen molar-refractivity contribution >= 4 is 11.6 Å². The van der Waals surface area contributed by atoms with Gasteiger partial charge in [-0.3, -0.25) is 4.79 Å². The first-order valence-corrected chi connectivity index (χ1v) is 6.47. The molecule has 1 aromatic carbocycles. The number of methoxy groups -OCH3 is 3. The van der Waals surface area contributed by atoms with Crippen molar-refractivity contribution in [2.45, 2.75) is 18.6 Å². The lowest BCUT2D eigenvalue weighted by molar-refractivity contribution is -0.118. The van der Waals surface area contributed by atoms with E-state index >= 15 is 0 Å². The van der Waals surface area contributed by atoms with Gasteiger partial charge in [-0.25, -0.2) is 0 Å². The van der Waals surface area contributed by atoms with Crippen LogP contribution >= 0.6 is 0 Å². The summed E-state index contributed by atoms with van der Waals surface area (Å²) < 4.78 is 15.6. The second-order valence-corrected chi connectivity index (χ2v) is 4.61. The van der Waals surface area contributed by atoms with Gasteiger partial charge < -0.3 is 24.8 Å². The van der Waals surface area contributed by atoms with Crippen LogP contribution in [0.25, 0.3) is 0 Å². The number of hydrogen-bond donors (Lipinski definition) is 2. The highest BCUT2D eigenvalue weighted by atomic mass is 16.5. The summed E-state index contributed by atoms with van der Waals surface area (Å²) >= 11 is 0. The smallest absolute Gasteiger partial charge is 0.241 e. The predicted octanol–water partition coefficient (Wildman–Crippen LogP) is 1.02. The van der Waals surface area contributed by atoms with Crippen molar-refractivity contribution in [3.8, 4) is 11.5 Å². The molecule has 1 aliphatic heterocycles. The highest BCUT2D eigenvalue weighted by Gasteiger charge is 2.29. The third kappa shape index (κ3) is 3.20. The molecule has 20 heavy (non-hydrogen) atoms. The summed E-state index contributed by atoms with van der Waals surface area (Å²) in [5.74, 6) is 1.16. The molecule has 1 aliphatic rings. The van der Waals surface area contributed by atoms with Gasteiger partial charge in [0.15, 0.2) is 0 Å². The highest BCUT2D eigenvalue weighted by molar-refractivity contribution is 5.96. The van der Waals surface area contributed by atoms with Crippen LogP contribution in [-0.2, 0) is 9.53 Å². The highest BCUT2D eigenvalue weighted by Crippen LogP contribution is 2.29. The van der Waals surface area contributed by atoms with Gasteiger partial charge in [-0.15, -0.1) is 0 Å². The van der Waals surface area contributed by atoms with Gasteiger partial charge in [-0.05, 0) is 18.6 Å². The van der Waals surface area contributed by atoms with Crippen molar-refractivity contribution in [2.24, 2.45) is 0 Å². The van der Waals surface area contributed by atoms with Crippen molar-refractivity contribution in [1.29, 1.82) is 0 Å². The molecule has 0 aliphatic carbocycles. The summed E-state index contributed by atoms with van der Waals surface area (Å²) in [6.45, 7) is 0.689. The quantitative estimate of drug-likeness (QED) is 0.843. The Bertz CT molecular complexity index is 478. The van der Waals surface area contributed by atoms with E-state index in [2.05, 4.69) is 10.6 Å². The zero-order valence-electron chi connectivity index (χ0n) is 11.9. The van der Waals surface area contributed by atoms with Crippen molar-refractivity contribution in [2.75, 3.05) is 33.2 Å². The molecule has 6 nitrogen and oxygen atoms in total. The van der Waals surface area contributed by atoms with Gasteiger partial charge in [0.25, 0.3) is 0 Å². The Morgan fingerprint density at radius 1 is 1.30 bits per heavy atom. The Morgan fingerprint density at radius 3 is 2.70 bits per heavy atom. The number of carbonyl (C=O) groups is 1. The fourth-order valence-corrected chi connectivity index (χ4v) is 2.20. The number of amides is 1. The first-order valence-electron chi connectivity index (χ1n) is 6.47. The van der Waals surface area contributed by atoms with E-state index in [0.29, 0.717) is 30.2 Å². The molecular formula is C14H20N2O4. The normalized spacial score (nSPS) is 21.6. The van der Waals surface area contributed by atoms with E-state index in [-0.39, 0.29) is 18.1 Å². The number of benzene rings is 1. The summed E-state index contributed by atoms with van der Waals surface area (Å²) in [5, 5.41) is 6.00. The number of hydrogen-bond acceptors (Lipinski definition) is 5. The van der Waals surface area contributed by atoms with E-state index in [0.717, 1.165) is 0 Å². The lowest BCUT2D eigenvalue weighted by atomic mass is 10.2. The first kappa shape index (κ1) is 14.6. The number of carbonyl (C=O) groups excluding carboxylic acids is 1. The average Bonchev–Trinajstić information content (AvgIpc) is 2.96. The van der Waals surface area contributed by atoms with Crippen molar-refractivity contribution in [1.82, 2.24) is 5.32 Å². The Morgan fingerprint density at radius 2 is 2.10 bits per heavy atom. The molecule has 2 N–H and O–H groups in total. The van der Waals surface area contributed by atoms with E-state index in [1.54, 1.807) is 39.5 Å². The molecule has 2 rings (SSSR count). The van der Waals surface area contributed by atoms with Gasteiger partial charge in [0, 0.05) is 19.7 Å². The molecule has 2 unspecified atom stereocenters. The summed E-state index contributed by atoms with van der Waals surface area (Å²) in [6, 6.07) is 5.03. The number of anilines is 1. The van der Waals surface area contributed by atoms with Crippen LogP contribution in [0.5, 0.6) is 11.5 Å². The lowest BCUT2D eigenvalue weighted by Crippen LogP contribution is -2.35. The van der Waals surface area contributed by atoms with E-state index in [1.807, 2.05) is 0 Å². The van der Waals surface area contributed by atoms with Crippen LogP contribution in [0.1, 0.15) is 6.42 Å². The fraction of sp³-hybridized carbons (Fsp3) is 0.500. The topological polar surface area (TPSA) is 68.8 Å². The molecule has 1 saturated heterocycles. The predicted molar refractivity (Wildman–Crippen MR) is 75.4 cm³/mol. The lowest BCUT2D eigenvalue weighted by Gasteiger charge is -2.14. The van der Waals surface area contributed by atoms with Crippen LogP contribution in [0, 0.1) is 0 Å². The fourth-order valence-electron chi connectivity index (χ4n) is 2.20. The number of ether oxygens (including phenoxy) is 3. The summed E-state index contributed by atoms with van der Waals surface area (Å²) in [6.07, 6.45) is 0.754. The molecule has 0 saturated carbocycles. The maximum atomic E-state index is 12.2. The van der Waals surface area contributed by atoms with Crippen LogP contribution in [0.4, 0.5) is 5.69 Å². The second kappa shape index (κ2) is 6.58. The Kier molecular flexibility index (Phi) is 4.81. The minimum Gasteiger partial charge on any atom is -0.497 e. The van der Waals surface area contributed by atoms with Crippen LogP contribution < -0.4 is 20.1 Å².